The molecule has 29 heavy (non-hydrogen) atoms. The number of hydrogen-bond acceptors (Lipinski definition) is 4. The summed E-state index contributed by atoms with van der Waals surface area (Å²) in [5.74, 6) is 1.12. The van der Waals surface area contributed by atoms with Crippen LogP contribution in [0.5, 0.6) is 0 Å². The molecule has 0 bridgehead atoms. The summed E-state index contributed by atoms with van der Waals surface area (Å²) >= 11 is 6.06. The Morgan fingerprint density at radius 1 is 1.07 bits per heavy atom. The van der Waals surface area contributed by atoms with Crippen LogP contribution < -0.4 is 0 Å². The molecule has 1 fully saturated rings. The zero-order chi connectivity index (χ0) is 20.4. The SMILES string of the molecule is O=C(c1ccccc1)N(Cc1ccc(-c2cccc(Cl)c2)o1)[C@H]1CCS(=O)(=O)C1. The van der Waals surface area contributed by atoms with Crippen molar-refractivity contribution in [1.29, 1.82) is 0 Å². The fraction of sp³-hybridized carbons (Fsp3) is 0.227. The lowest BCUT2D eigenvalue weighted by molar-refractivity contribution is 0.0666. The molecule has 0 radical (unpaired) electrons. The lowest BCUT2D eigenvalue weighted by Gasteiger charge is -2.27. The predicted molar refractivity (Wildman–Crippen MR) is 113 cm³/mol. The fourth-order valence-corrected chi connectivity index (χ4v) is 5.48. The topological polar surface area (TPSA) is 67.6 Å². The minimum atomic E-state index is -3.13. The van der Waals surface area contributed by atoms with Crippen molar-refractivity contribution in [2.75, 3.05) is 11.5 Å². The van der Waals surface area contributed by atoms with Crippen LogP contribution in [0.15, 0.2) is 71.1 Å². The van der Waals surface area contributed by atoms with E-state index in [9.17, 15) is 13.2 Å². The maximum atomic E-state index is 13.1. The second kappa shape index (κ2) is 8.05. The summed E-state index contributed by atoms with van der Waals surface area (Å²) in [4.78, 5) is 14.8. The van der Waals surface area contributed by atoms with E-state index in [4.69, 9.17) is 16.0 Å². The van der Waals surface area contributed by atoms with Crippen LogP contribution in [0.1, 0.15) is 22.5 Å². The highest BCUT2D eigenvalue weighted by Gasteiger charge is 2.35. The molecule has 0 aliphatic carbocycles. The Balaban J connectivity index is 1.61. The number of hydrogen-bond donors (Lipinski definition) is 0. The number of rotatable bonds is 5. The van der Waals surface area contributed by atoms with Gasteiger partial charge in [0, 0.05) is 22.2 Å². The molecular formula is C22H20ClNO4S. The smallest absolute Gasteiger partial charge is 0.254 e. The number of sulfone groups is 1. The summed E-state index contributed by atoms with van der Waals surface area (Å²) in [5.41, 5.74) is 1.37. The maximum Gasteiger partial charge on any atom is 0.254 e. The largest absolute Gasteiger partial charge is 0.459 e. The number of amides is 1. The molecule has 2 aromatic carbocycles. The Labute approximate surface area is 174 Å². The average molecular weight is 430 g/mol. The van der Waals surface area contributed by atoms with E-state index >= 15 is 0 Å². The first kappa shape index (κ1) is 19.7. The van der Waals surface area contributed by atoms with Crippen LogP contribution in [0, 0.1) is 0 Å². The molecule has 0 N–H and O–H groups in total. The second-order valence-corrected chi connectivity index (χ2v) is 9.80. The Kier molecular flexibility index (Phi) is 5.48. The van der Waals surface area contributed by atoms with Crippen molar-refractivity contribution >= 4 is 27.3 Å². The Bertz CT molecular complexity index is 1120. The summed E-state index contributed by atoms with van der Waals surface area (Å²) in [7, 11) is -3.13. The van der Waals surface area contributed by atoms with Crippen molar-refractivity contribution in [1.82, 2.24) is 4.90 Å². The molecule has 0 spiro atoms. The van der Waals surface area contributed by atoms with Crippen molar-refractivity contribution < 1.29 is 17.6 Å². The summed E-state index contributed by atoms with van der Waals surface area (Å²) in [6.45, 7) is 0.203. The molecule has 0 unspecified atom stereocenters. The lowest BCUT2D eigenvalue weighted by atomic mass is 10.1. The van der Waals surface area contributed by atoms with Crippen LogP contribution in [-0.2, 0) is 16.4 Å². The van der Waals surface area contributed by atoms with Crippen molar-refractivity contribution in [3.63, 3.8) is 0 Å². The summed E-state index contributed by atoms with van der Waals surface area (Å²) in [6.07, 6.45) is 0.433. The van der Waals surface area contributed by atoms with Gasteiger partial charge >= 0.3 is 0 Å². The second-order valence-electron chi connectivity index (χ2n) is 7.13. The molecule has 1 amide bonds. The van der Waals surface area contributed by atoms with Gasteiger partial charge in [-0.25, -0.2) is 8.42 Å². The average Bonchev–Trinajstić information content (AvgIpc) is 3.32. The van der Waals surface area contributed by atoms with Gasteiger partial charge in [-0.3, -0.25) is 4.79 Å². The van der Waals surface area contributed by atoms with Gasteiger partial charge in [-0.2, -0.15) is 0 Å². The van der Waals surface area contributed by atoms with E-state index in [1.54, 1.807) is 41.3 Å². The van der Waals surface area contributed by atoms with Gasteiger partial charge in [0.15, 0.2) is 9.84 Å². The van der Waals surface area contributed by atoms with Crippen LogP contribution in [0.25, 0.3) is 11.3 Å². The summed E-state index contributed by atoms with van der Waals surface area (Å²) < 4.78 is 30.0. The molecule has 7 heteroatoms. The highest BCUT2D eigenvalue weighted by Crippen LogP contribution is 2.27. The third-order valence-electron chi connectivity index (χ3n) is 5.03. The van der Waals surface area contributed by atoms with Crippen LogP contribution in [0.2, 0.25) is 5.02 Å². The number of furan rings is 1. The van der Waals surface area contributed by atoms with E-state index in [0.29, 0.717) is 28.5 Å². The zero-order valence-electron chi connectivity index (χ0n) is 15.6. The predicted octanol–water partition coefficient (Wildman–Crippen LogP) is 4.43. The third kappa shape index (κ3) is 4.54. The van der Waals surface area contributed by atoms with Crippen LogP contribution in [-0.4, -0.2) is 36.8 Å². The van der Waals surface area contributed by atoms with E-state index in [-0.39, 0.29) is 30.0 Å². The number of carbonyl (C=O) groups excluding carboxylic acids is 1. The van der Waals surface area contributed by atoms with Crippen LogP contribution in [0.4, 0.5) is 0 Å². The van der Waals surface area contributed by atoms with E-state index in [2.05, 4.69) is 0 Å². The van der Waals surface area contributed by atoms with Gasteiger partial charge in [0.2, 0.25) is 0 Å². The van der Waals surface area contributed by atoms with E-state index < -0.39 is 9.84 Å². The van der Waals surface area contributed by atoms with Crippen LogP contribution >= 0.6 is 11.6 Å². The molecule has 150 valence electrons. The summed E-state index contributed by atoms with van der Waals surface area (Å²) in [5, 5.41) is 0.609. The molecule has 1 aromatic heterocycles. The van der Waals surface area contributed by atoms with Gasteiger partial charge in [0.25, 0.3) is 5.91 Å². The first-order valence-corrected chi connectivity index (χ1v) is 11.5. The Morgan fingerprint density at radius 2 is 1.86 bits per heavy atom. The molecule has 2 heterocycles. The highest BCUT2D eigenvalue weighted by atomic mass is 35.5. The van der Waals surface area contributed by atoms with Gasteiger partial charge in [-0.05, 0) is 42.8 Å². The lowest BCUT2D eigenvalue weighted by Crippen LogP contribution is -2.40. The van der Waals surface area contributed by atoms with Crippen molar-refractivity contribution in [2.24, 2.45) is 0 Å². The van der Waals surface area contributed by atoms with E-state index in [0.717, 1.165) is 5.56 Å². The quantitative estimate of drug-likeness (QED) is 0.601. The Morgan fingerprint density at radius 3 is 2.55 bits per heavy atom. The molecule has 1 saturated heterocycles. The maximum absolute atomic E-state index is 13.1. The molecule has 1 aliphatic rings. The van der Waals surface area contributed by atoms with Gasteiger partial charge in [0.05, 0.1) is 18.1 Å². The first-order valence-electron chi connectivity index (χ1n) is 9.32. The number of benzene rings is 2. The molecule has 5 nitrogen and oxygen atoms in total. The molecule has 4 rings (SSSR count). The normalized spacial score (nSPS) is 17.9. The van der Waals surface area contributed by atoms with Crippen molar-refractivity contribution in [3.8, 4) is 11.3 Å². The third-order valence-corrected chi connectivity index (χ3v) is 7.01. The van der Waals surface area contributed by atoms with Gasteiger partial charge in [-0.1, -0.05) is 41.9 Å². The molecule has 1 aliphatic heterocycles. The van der Waals surface area contributed by atoms with Gasteiger partial charge in [0.1, 0.15) is 11.5 Å². The van der Waals surface area contributed by atoms with E-state index in [1.807, 2.05) is 30.3 Å². The fourth-order valence-electron chi connectivity index (χ4n) is 3.56. The van der Waals surface area contributed by atoms with Gasteiger partial charge in [-0.15, -0.1) is 0 Å². The van der Waals surface area contributed by atoms with Crippen molar-refractivity contribution in [2.45, 2.75) is 19.0 Å². The zero-order valence-corrected chi connectivity index (χ0v) is 17.2. The monoisotopic (exact) mass is 429 g/mol. The minimum absolute atomic E-state index is 0.0204. The van der Waals surface area contributed by atoms with E-state index in [1.165, 1.54) is 0 Å². The van der Waals surface area contributed by atoms with Crippen molar-refractivity contribution in [3.05, 3.63) is 83.1 Å². The molecule has 3 aromatic rings. The number of carbonyl (C=O) groups is 1. The molecule has 1 atom stereocenters. The molecule has 0 saturated carbocycles. The van der Waals surface area contributed by atoms with Crippen LogP contribution in [0.3, 0.4) is 0 Å². The number of nitrogens with zero attached hydrogens (tertiary/aromatic N) is 1. The first-order chi connectivity index (χ1) is 13.9. The Hall–Kier alpha value is -2.57. The minimum Gasteiger partial charge on any atom is -0.459 e. The number of halogens is 1. The molecular weight excluding hydrogens is 410 g/mol. The van der Waals surface area contributed by atoms with Gasteiger partial charge < -0.3 is 9.32 Å². The summed E-state index contributed by atoms with van der Waals surface area (Å²) in [6, 6.07) is 19.5. The standard InChI is InChI=1S/C22H20ClNO4S/c23-18-8-4-7-17(13-18)21-10-9-20(28-21)14-24(19-11-12-29(26,27)15-19)22(25)16-5-2-1-3-6-16/h1-10,13,19H,11-12,14-15H2/t19-/m0/s1. The highest BCUT2D eigenvalue weighted by molar-refractivity contribution is 7.91.